The summed E-state index contributed by atoms with van der Waals surface area (Å²) in [7, 11) is -4.45. The van der Waals surface area contributed by atoms with E-state index in [0.717, 1.165) is 42.9 Å². The van der Waals surface area contributed by atoms with Gasteiger partial charge in [0.1, 0.15) is 10.1 Å². The molecule has 0 amide bonds. The van der Waals surface area contributed by atoms with Gasteiger partial charge in [0, 0.05) is 0 Å². The molecule has 0 atom stereocenters. The fourth-order valence-corrected chi connectivity index (χ4v) is 3.94. The summed E-state index contributed by atoms with van der Waals surface area (Å²) >= 11 is 0. The van der Waals surface area contributed by atoms with Gasteiger partial charge in [-0.3, -0.25) is 0 Å². The molecule has 0 aliphatic heterocycles. The number of benzene rings is 2. The van der Waals surface area contributed by atoms with E-state index in [0.29, 0.717) is 12.0 Å². The van der Waals surface area contributed by atoms with Gasteiger partial charge in [-0.1, -0.05) is 57.7 Å². The Morgan fingerprint density at radius 3 is 2.04 bits per heavy atom. The van der Waals surface area contributed by atoms with Gasteiger partial charge in [0.2, 0.25) is 0 Å². The van der Waals surface area contributed by atoms with Crippen molar-refractivity contribution >= 4 is 20.9 Å². The van der Waals surface area contributed by atoms with Gasteiger partial charge in [-0.25, -0.2) is 8.42 Å². The van der Waals surface area contributed by atoms with Crippen LogP contribution in [-0.4, -0.2) is 13.0 Å². The van der Waals surface area contributed by atoms with Crippen LogP contribution in [0.4, 0.5) is 0 Å². The number of unbranched alkanes of at least 4 members (excludes halogenated alkanes) is 4. The first kappa shape index (κ1) is 23.3. The molecule has 2 rings (SSSR count). The molecule has 0 aromatic heterocycles. The molecule has 0 saturated heterocycles. The molecule has 0 bridgehead atoms. The largest absolute Gasteiger partial charge is 1.00 e. The maximum atomic E-state index is 11.7. The summed E-state index contributed by atoms with van der Waals surface area (Å²) in [5, 5.41) is 1.94. The summed E-state index contributed by atoms with van der Waals surface area (Å²) in [6.45, 7) is 4.29. The van der Waals surface area contributed by atoms with Gasteiger partial charge in [-0.15, -0.1) is 0 Å². The van der Waals surface area contributed by atoms with Crippen molar-refractivity contribution in [3.05, 3.63) is 41.5 Å². The van der Waals surface area contributed by atoms with E-state index in [1.165, 1.54) is 18.4 Å². The third kappa shape index (κ3) is 6.72. The van der Waals surface area contributed by atoms with Gasteiger partial charge >= 0.3 is 51.4 Å². The standard InChI is InChI=1S/C20H28O3S.K/c1-3-5-7-10-16-12-9-13-17-15-20(24(21,22)23)18(14-19(16)17)11-8-6-4-2;/h9,12-15H,3-8,10-11H2,1-2H3,(H,21,22,23);/q;+1/p-1. The third-order valence-electron chi connectivity index (χ3n) is 4.52. The SMILES string of the molecule is CCCCCc1cc2c(CCCCC)cccc2cc1S(=O)(=O)[O-].[K+]. The predicted molar refractivity (Wildman–Crippen MR) is 98.4 cm³/mol. The van der Waals surface area contributed by atoms with E-state index in [1.807, 2.05) is 18.2 Å². The normalized spacial score (nSPS) is 11.5. The molecular formula is C20H27KO3S. The Kier molecular flexibility index (Phi) is 10.4. The van der Waals surface area contributed by atoms with Crippen molar-refractivity contribution in [1.29, 1.82) is 0 Å². The Labute approximate surface area is 194 Å². The Morgan fingerprint density at radius 2 is 1.48 bits per heavy atom. The van der Waals surface area contributed by atoms with Gasteiger partial charge in [-0.2, -0.15) is 0 Å². The van der Waals surface area contributed by atoms with E-state index in [-0.39, 0.29) is 56.3 Å². The zero-order valence-electron chi connectivity index (χ0n) is 15.7. The summed E-state index contributed by atoms with van der Waals surface area (Å²) in [5.41, 5.74) is 1.92. The summed E-state index contributed by atoms with van der Waals surface area (Å²) in [5.74, 6) is 0. The fraction of sp³-hybridized carbons (Fsp3) is 0.500. The first-order valence-electron chi connectivity index (χ1n) is 8.97. The molecule has 0 N–H and O–H groups in total. The molecule has 5 heteroatoms. The van der Waals surface area contributed by atoms with Gasteiger partial charge < -0.3 is 4.55 Å². The maximum absolute atomic E-state index is 11.7. The molecular weight excluding hydrogens is 359 g/mol. The average molecular weight is 387 g/mol. The quantitative estimate of drug-likeness (QED) is 0.377. The second-order valence-corrected chi connectivity index (χ2v) is 7.81. The molecule has 0 saturated carbocycles. The van der Waals surface area contributed by atoms with E-state index < -0.39 is 10.1 Å². The molecule has 132 valence electrons. The monoisotopic (exact) mass is 386 g/mol. The van der Waals surface area contributed by atoms with Crippen molar-refractivity contribution in [2.45, 2.75) is 70.1 Å². The van der Waals surface area contributed by atoms with Crippen LogP contribution in [-0.2, 0) is 23.0 Å². The average Bonchev–Trinajstić information content (AvgIpc) is 2.54. The van der Waals surface area contributed by atoms with Crippen molar-refractivity contribution < 1.29 is 64.4 Å². The van der Waals surface area contributed by atoms with Crippen LogP contribution in [0, 0.1) is 0 Å². The second-order valence-electron chi connectivity index (χ2n) is 6.47. The predicted octanol–water partition coefficient (Wildman–Crippen LogP) is 2.21. The van der Waals surface area contributed by atoms with Crippen molar-refractivity contribution in [3.63, 3.8) is 0 Å². The van der Waals surface area contributed by atoms with Gasteiger partial charge in [0.15, 0.2) is 0 Å². The minimum Gasteiger partial charge on any atom is -0.744 e. The summed E-state index contributed by atoms with van der Waals surface area (Å²) < 4.78 is 35.0. The van der Waals surface area contributed by atoms with Crippen molar-refractivity contribution in [2.24, 2.45) is 0 Å². The molecule has 0 heterocycles. The molecule has 2 aromatic rings. The van der Waals surface area contributed by atoms with Crippen molar-refractivity contribution in [2.75, 3.05) is 0 Å². The molecule has 0 aliphatic carbocycles. The van der Waals surface area contributed by atoms with E-state index in [2.05, 4.69) is 19.9 Å². The first-order chi connectivity index (χ1) is 11.5. The Balaban J connectivity index is 0.00000312. The fourth-order valence-electron chi connectivity index (χ4n) is 3.19. The van der Waals surface area contributed by atoms with Crippen molar-refractivity contribution in [3.8, 4) is 0 Å². The Bertz CT molecular complexity index is 785. The zero-order valence-corrected chi connectivity index (χ0v) is 19.6. The number of hydrogen-bond donors (Lipinski definition) is 0. The summed E-state index contributed by atoms with van der Waals surface area (Å²) in [4.78, 5) is -0.0446. The smallest absolute Gasteiger partial charge is 0.744 e. The third-order valence-corrected chi connectivity index (χ3v) is 5.44. The number of rotatable bonds is 9. The molecule has 0 radical (unpaired) electrons. The second kappa shape index (κ2) is 11.2. The van der Waals surface area contributed by atoms with Crippen LogP contribution in [0.5, 0.6) is 0 Å². The summed E-state index contributed by atoms with van der Waals surface area (Å²) in [6, 6.07) is 9.46. The Hall–Kier alpha value is 0.246. The van der Waals surface area contributed by atoms with Crippen molar-refractivity contribution in [1.82, 2.24) is 0 Å². The molecule has 0 spiro atoms. The van der Waals surface area contributed by atoms with E-state index in [4.69, 9.17) is 0 Å². The number of aryl methyl sites for hydroxylation is 2. The van der Waals surface area contributed by atoms with Gasteiger partial charge in [-0.05, 0) is 59.7 Å². The minimum atomic E-state index is -4.45. The number of hydrogen-bond acceptors (Lipinski definition) is 3. The molecule has 25 heavy (non-hydrogen) atoms. The van der Waals surface area contributed by atoms with Gasteiger partial charge in [0.05, 0.1) is 4.90 Å². The molecule has 3 nitrogen and oxygen atoms in total. The van der Waals surface area contributed by atoms with E-state index in [1.54, 1.807) is 6.07 Å². The Morgan fingerprint density at radius 1 is 0.880 bits per heavy atom. The van der Waals surface area contributed by atoms with Crippen LogP contribution in [0.15, 0.2) is 35.2 Å². The molecule has 2 aromatic carbocycles. The van der Waals surface area contributed by atoms with Crippen LogP contribution >= 0.6 is 0 Å². The molecule has 0 aliphatic rings. The van der Waals surface area contributed by atoms with Crippen LogP contribution in [0.25, 0.3) is 10.8 Å². The molecule has 0 unspecified atom stereocenters. The topological polar surface area (TPSA) is 57.2 Å². The van der Waals surface area contributed by atoms with E-state index >= 15 is 0 Å². The van der Waals surface area contributed by atoms with Crippen LogP contribution < -0.4 is 51.4 Å². The summed E-state index contributed by atoms with van der Waals surface area (Å²) in [6.07, 6.45) is 8.13. The molecule has 0 fully saturated rings. The van der Waals surface area contributed by atoms with Crippen LogP contribution in [0.2, 0.25) is 0 Å². The first-order valence-corrected chi connectivity index (χ1v) is 10.4. The maximum Gasteiger partial charge on any atom is 1.00 e. The van der Waals surface area contributed by atoms with E-state index in [9.17, 15) is 13.0 Å². The van der Waals surface area contributed by atoms with Crippen LogP contribution in [0.3, 0.4) is 0 Å². The van der Waals surface area contributed by atoms with Crippen LogP contribution in [0.1, 0.15) is 63.5 Å². The van der Waals surface area contributed by atoms with Gasteiger partial charge in [0.25, 0.3) is 0 Å². The zero-order chi connectivity index (χ0) is 17.6. The number of fused-ring (bicyclic) bond motifs is 1. The minimum absolute atomic E-state index is 0.